The standard InChI is InChI=1S/C13H6ClF6N/c14-6-2-1-3-7(15)5(6)4-21-13-11(19)9(17)8(16)10(18)12(13)20/h1-3,21H,4H2. The highest BCUT2D eigenvalue weighted by molar-refractivity contribution is 6.31. The Hall–Kier alpha value is -1.89. The molecule has 0 aromatic heterocycles. The van der Waals surface area contributed by atoms with Crippen LogP contribution in [0.4, 0.5) is 32.0 Å². The van der Waals surface area contributed by atoms with Gasteiger partial charge in [0.1, 0.15) is 11.5 Å². The Balaban J connectivity index is 2.37. The molecule has 0 fully saturated rings. The van der Waals surface area contributed by atoms with Crippen LogP contribution in [0.25, 0.3) is 0 Å². The third-order valence-corrected chi connectivity index (χ3v) is 3.07. The number of halogens is 7. The van der Waals surface area contributed by atoms with E-state index in [9.17, 15) is 26.3 Å². The molecule has 0 saturated heterocycles. The molecule has 0 aliphatic carbocycles. The Kier molecular flexibility index (Phi) is 4.32. The van der Waals surface area contributed by atoms with E-state index in [1.165, 1.54) is 12.1 Å². The molecule has 0 aliphatic rings. The summed E-state index contributed by atoms with van der Waals surface area (Å²) in [6.07, 6.45) is 0. The highest BCUT2D eigenvalue weighted by atomic mass is 35.5. The predicted molar refractivity (Wildman–Crippen MR) is 65.0 cm³/mol. The first-order chi connectivity index (χ1) is 9.84. The average molecular weight is 326 g/mol. The van der Waals surface area contributed by atoms with Crippen LogP contribution in [0.1, 0.15) is 5.56 Å². The van der Waals surface area contributed by atoms with Crippen molar-refractivity contribution in [2.75, 3.05) is 5.32 Å². The van der Waals surface area contributed by atoms with Crippen molar-refractivity contribution in [1.29, 1.82) is 0 Å². The summed E-state index contributed by atoms with van der Waals surface area (Å²) in [6, 6.07) is 3.67. The van der Waals surface area contributed by atoms with Crippen LogP contribution in [0.3, 0.4) is 0 Å². The van der Waals surface area contributed by atoms with Crippen molar-refractivity contribution >= 4 is 17.3 Å². The first-order valence-electron chi connectivity index (χ1n) is 5.52. The largest absolute Gasteiger partial charge is 0.376 e. The van der Waals surface area contributed by atoms with Gasteiger partial charge in [0.15, 0.2) is 23.3 Å². The molecule has 2 aromatic rings. The molecule has 2 rings (SSSR count). The quantitative estimate of drug-likeness (QED) is 0.486. The van der Waals surface area contributed by atoms with Gasteiger partial charge in [0.25, 0.3) is 0 Å². The number of rotatable bonds is 3. The van der Waals surface area contributed by atoms with Gasteiger partial charge in [0, 0.05) is 17.1 Å². The Morgan fingerprint density at radius 3 is 1.86 bits per heavy atom. The molecule has 0 bridgehead atoms. The molecular weight excluding hydrogens is 320 g/mol. The highest BCUT2D eigenvalue weighted by Crippen LogP contribution is 2.28. The summed E-state index contributed by atoms with van der Waals surface area (Å²) < 4.78 is 79.1. The van der Waals surface area contributed by atoms with E-state index in [0.717, 1.165) is 6.07 Å². The Bertz CT molecular complexity index is 654. The van der Waals surface area contributed by atoms with E-state index in [1.807, 2.05) is 5.32 Å². The van der Waals surface area contributed by atoms with Gasteiger partial charge in [-0.3, -0.25) is 0 Å². The van der Waals surface area contributed by atoms with Gasteiger partial charge >= 0.3 is 0 Å². The molecule has 0 unspecified atom stereocenters. The molecule has 0 aliphatic heterocycles. The lowest BCUT2D eigenvalue weighted by molar-refractivity contribution is 0.381. The van der Waals surface area contributed by atoms with Gasteiger partial charge in [-0.2, -0.15) is 0 Å². The number of benzene rings is 2. The van der Waals surface area contributed by atoms with Crippen molar-refractivity contribution in [2.24, 2.45) is 0 Å². The molecule has 1 N–H and O–H groups in total. The molecule has 0 atom stereocenters. The maximum Gasteiger partial charge on any atom is 0.200 e. The van der Waals surface area contributed by atoms with Crippen molar-refractivity contribution in [2.45, 2.75) is 6.54 Å². The molecule has 0 spiro atoms. The van der Waals surface area contributed by atoms with Crippen LogP contribution >= 0.6 is 11.6 Å². The van der Waals surface area contributed by atoms with E-state index in [-0.39, 0.29) is 10.6 Å². The maximum absolute atomic E-state index is 13.5. The van der Waals surface area contributed by atoms with Crippen molar-refractivity contribution < 1.29 is 26.3 Å². The molecule has 0 heterocycles. The fourth-order valence-corrected chi connectivity index (χ4v) is 1.87. The lowest BCUT2D eigenvalue weighted by Crippen LogP contribution is -2.10. The summed E-state index contributed by atoms with van der Waals surface area (Å²) in [6.45, 7) is -0.552. The predicted octanol–water partition coefficient (Wildman–Crippen LogP) is 4.79. The smallest absolute Gasteiger partial charge is 0.200 e. The molecule has 0 amide bonds. The molecule has 0 saturated carbocycles. The van der Waals surface area contributed by atoms with E-state index >= 15 is 0 Å². The number of hydrogen-bond acceptors (Lipinski definition) is 1. The van der Waals surface area contributed by atoms with E-state index in [2.05, 4.69) is 0 Å². The second-order valence-electron chi connectivity index (χ2n) is 4.00. The van der Waals surface area contributed by atoms with E-state index in [4.69, 9.17) is 11.6 Å². The molecule has 1 nitrogen and oxygen atoms in total. The van der Waals surface area contributed by atoms with Crippen molar-refractivity contribution in [1.82, 2.24) is 0 Å². The van der Waals surface area contributed by atoms with Crippen molar-refractivity contribution in [3.05, 3.63) is 63.7 Å². The van der Waals surface area contributed by atoms with Crippen molar-refractivity contribution in [3.8, 4) is 0 Å². The van der Waals surface area contributed by atoms with Crippen LogP contribution in [-0.4, -0.2) is 0 Å². The van der Waals surface area contributed by atoms with E-state index < -0.39 is 47.1 Å². The van der Waals surface area contributed by atoms with Gasteiger partial charge in [-0.1, -0.05) is 17.7 Å². The normalized spacial score (nSPS) is 10.8. The average Bonchev–Trinajstić information content (AvgIpc) is 2.45. The summed E-state index contributed by atoms with van der Waals surface area (Å²) in [5.74, 6) is -11.3. The summed E-state index contributed by atoms with van der Waals surface area (Å²) >= 11 is 5.69. The minimum absolute atomic E-state index is 0.0497. The molecule has 21 heavy (non-hydrogen) atoms. The minimum atomic E-state index is -2.26. The Morgan fingerprint density at radius 1 is 0.810 bits per heavy atom. The SMILES string of the molecule is Fc1cccc(Cl)c1CNc1c(F)c(F)c(F)c(F)c1F. The van der Waals surface area contributed by atoms with Gasteiger partial charge in [-0.25, -0.2) is 26.3 Å². The zero-order chi connectivity index (χ0) is 15.7. The molecule has 2 aromatic carbocycles. The van der Waals surface area contributed by atoms with Gasteiger partial charge in [-0.15, -0.1) is 0 Å². The zero-order valence-electron chi connectivity index (χ0n) is 10.1. The van der Waals surface area contributed by atoms with Crippen LogP contribution in [0.15, 0.2) is 18.2 Å². The molecule has 0 radical (unpaired) electrons. The summed E-state index contributed by atoms with van der Waals surface area (Å²) in [7, 11) is 0. The second-order valence-corrected chi connectivity index (χ2v) is 4.41. The van der Waals surface area contributed by atoms with Gasteiger partial charge in [-0.05, 0) is 12.1 Å². The first kappa shape index (κ1) is 15.5. The van der Waals surface area contributed by atoms with E-state index in [0.29, 0.717) is 0 Å². The molecule has 8 heteroatoms. The minimum Gasteiger partial charge on any atom is -0.376 e. The fourth-order valence-electron chi connectivity index (χ4n) is 1.64. The third-order valence-electron chi connectivity index (χ3n) is 2.71. The molecular formula is C13H6ClF6N. The highest BCUT2D eigenvalue weighted by Gasteiger charge is 2.25. The maximum atomic E-state index is 13.5. The van der Waals surface area contributed by atoms with Crippen LogP contribution in [-0.2, 0) is 6.54 Å². The van der Waals surface area contributed by atoms with Crippen molar-refractivity contribution in [3.63, 3.8) is 0 Å². The monoisotopic (exact) mass is 325 g/mol. The van der Waals surface area contributed by atoms with Crippen LogP contribution < -0.4 is 5.32 Å². The zero-order valence-corrected chi connectivity index (χ0v) is 10.8. The van der Waals surface area contributed by atoms with Gasteiger partial charge in [0.05, 0.1) is 0 Å². The molecule has 112 valence electrons. The fraction of sp³-hybridized carbons (Fsp3) is 0.0769. The van der Waals surface area contributed by atoms with Gasteiger partial charge in [0.2, 0.25) is 5.82 Å². The topological polar surface area (TPSA) is 12.0 Å². The van der Waals surface area contributed by atoms with Gasteiger partial charge < -0.3 is 5.32 Å². The Labute approximate surface area is 120 Å². The number of anilines is 1. The van der Waals surface area contributed by atoms with Crippen LogP contribution in [0.2, 0.25) is 5.02 Å². The second kappa shape index (κ2) is 5.85. The van der Waals surface area contributed by atoms with E-state index in [1.54, 1.807) is 0 Å². The lowest BCUT2D eigenvalue weighted by Gasteiger charge is -2.12. The third kappa shape index (κ3) is 2.78. The summed E-state index contributed by atoms with van der Waals surface area (Å²) in [5, 5.41) is 1.92. The first-order valence-corrected chi connectivity index (χ1v) is 5.90. The lowest BCUT2D eigenvalue weighted by atomic mass is 10.2. The number of nitrogens with one attached hydrogen (secondary N) is 1. The summed E-state index contributed by atoms with van der Waals surface area (Å²) in [4.78, 5) is 0. The Morgan fingerprint density at radius 2 is 1.33 bits per heavy atom. The van der Waals surface area contributed by atoms with Crippen LogP contribution in [0.5, 0.6) is 0 Å². The summed E-state index contributed by atoms with van der Waals surface area (Å²) in [5.41, 5.74) is -1.41. The van der Waals surface area contributed by atoms with Crippen LogP contribution in [0, 0.1) is 34.9 Å². The number of hydrogen-bond donors (Lipinski definition) is 1.